The number of nitrogens with one attached hydrogen (secondary N) is 1. The maximum Gasteiger partial charge on any atom is 0.274 e. The van der Waals surface area contributed by atoms with Crippen molar-refractivity contribution in [1.82, 2.24) is 4.98 Å². The first-order valence-electron chi connectivity index (χ1n) is 6.05. The van der Waals surface area contributed by atoms with E-state index >= 15 is 0 Å². The Morgan fingerprint density at radius 2 is 2.28 bits per heavy atom. The normalized spacial score (nSPS) is 17.6. The summed E-state index contributed by atoms with van der Waals surface area (Å²) in [5.41, 5.74) is 0.0807. The molecule has 1 aliphatic carbocycles. The zero-order chi connectivity index (χ0) is 13.0. The molecule has 6 heteroatoms. The Bertz CT molecular complexity index is 433. The summed E-state index contributed by atoms with van der Waals surface area (Å²) in [7, 11) is 0. The van der Waals surface area contributed by atoms with E-state index < -0.39 is 4.92 Å². The second-order valence-corrected chi connectivity index (χ2v) is 5.88. The van der Waals surface area contributed by atoms with Crippen LogP contribution in [0, 0.1) is 10.1 Å². The maximum absolute atomic E-state index is 10.7. The molecule has 2 rings (SSSR count). The van der Waals surface area contributed by atoms with Crippen molar-refractivity contribution in [2.45, 2.75) is 30.4 Å². The molecule has 98 valence electrons. The summed E-state index contributed by atoms with van der Waals surface area (Å²) in [6.45, 7) is 0.822. The Kier molecular flexibility index (Phi) is 4.06. The fourth-order valence-corrected chi connectivity index (χ4v) is 3.27. The third kappa shape index (κ3) is 2.93. The van der Waals surface area contributed by atoms with E-state index in [2.05, 4.69) is 16.6 Å². The van der Waals surface area contributed by atoms with Crippen LogP contribution in [0.15, 0.2) is 18.3 Å². The van der Waals surface area contributed by atoms with Gasteiger partial charge in [0.15, 0.2) is 0 Å². The van der Waals surface area contributed by atoms with Gasteiger partial charge in [0, 0.05) is 23.6 Å². The quantitative estimate of drug-likeness (QED) is 0.656. The molecule has 1 aromatic heterocycles. The van der Waals surface area contributed by atoms with Crippen LogP contribution in [0.2, 0.25) is 0 Å². The van der Waals surface area contributed by atoms with Crippen molar-refractivity contribution in [2.24, 2.45) is 0 Å². The van der Waals surface area contributed by atoms with Gasteiger partial charge in [-0.25, -0.2) is 4.98 Å². The molecule has 0 spiro atoms. The van der Waals surface area contributed by atoms with E-state index in [1.54, 1.807) is 0 Å². The highest BCUT2D eigenvalue weighted by Gasteiger charge is 2.32. The molecule has 5 nitrogen and oxygen atoms in total. The van der Waals surface area contributed by atoms with Crippen LogP contribution in [-0.4, -0.2) is 27.5 Å². The van der Waals surface area contributed by atoms with E-state index in [0.29, 0.717) is 5.82 Å². The van der Waals surface area contributed by atoms with Crippen LogP contribution in [0.4, 0.5) is 11.5 Å². The smallest absolute Gasteiger partial charge is 0.274 e. The first kappa shape index (κ1) is 13.1. The van der Waals surface area contributed by atoms with Gasteiger partial charge in [-0.1, -0.05) is 12.8 Å². The molecule has 18 heavy (non-hydrogen) atoms. The van der Waals surface area contributed by atoms with Gasteiger partial charge >= 0.3 is 0 Å². The molecular formula is C12H17N3O2S. The minimum atomic E-state index is -0.396. The predicted octanol–water partition coefficient (Wildman–Crippen LogP) is 3.08. The van der Waals surface area contributed by atoms with Crippen molar-refractivity contribution in [3.63, 3.8) is 0 Å². The Hall–Kier alpha value is -1.30. The Morgan fingerprint density at radius 1 is 1.56 bits per heavy atom. The minimum absolute atomic E-state index is 0.0807. The number of hydrogen-bond donors (Lipinski definition) is 1. The maximum atomic E-state index is 10.7. The summed E-state index contributed by atoms with van der Waals surface area (Å²) in [5, 5.41) is 13.9. The van der Waals surface area contributed by atoms with Crippen molar-refractivity contribution < 1.29 is 4.92 Å². The fourth-order valence-electron chi connectivity index (χ4n) is 2.35. The number of thioether (sulfide) groups is 1. The molecule has 1 N–H and O–H groups in total. The number of anilines is 1. The van der Waals surface area contributed by atoms with Crippen LogP contribution in [0.5, 0.6) is 0 Å². The minimum Gasteiger partial charge on any atom is -0.368 e. The van der Waals surface area contributed by atoms with Crippen LogP contribution in [0.1, 0.15) is 25.7 Å². The molecule has 0 aliphatic heterocycles. The van der Waals surface area contributed by atoms with E-state index in [0.717, 1.165) is 6.54 Å². The fraction of sp³-hybridized carbons (Fsp3) is 0.583. The molecule has 0 amide bonds. The second-order valence-electron chi connectivity index (χ2n) is 4.60. The van der Waals surface area contributed by atoms with E-state index in [4.69, 9.17) is 0 Å². The van der Waals surface area contributed by atoms with Crippen molar-refractivity contribution >= 4 is 23.3 Å². The number of hydrogen-bond acceptors (Lipinski definition) is 5. The summed E-state index contributed by atoms with van der Waals surface area (Å²) in [6, 6.07) is 2.90. The van der Waals surface area contributed by atoms with Crippen LogP contribution in [0.3, 0.4) is 0 Å². The molecule has 0 atom stereocenters. The zero-order valence-corrected chi connectivity index (χ0v) is 11.2. The highest BCUT2D eigenvalue weighted by Crippen LogP contribution is 2.40. The van der Waals surface area contributed by atoms with Gasteiger partial charge in [-0.15, -0.1) is 0 Å². The first-order valence-corrected chi connectivity index (χ1v) is 7.27. The van der Waals surface area contributed by atoms with Gasteiger partial charge in [-0.3, -0.25) is 10.1 Å². The Morgan fingerprint density at radius 3 is 2.89 bits per heavy atom. The lowest BCUT2D eigenvalue weighted by Gasteiger charge is -2.27. The summed E-state index contributed by atoms with van der Waals surface area (Å²) in [4.78, 5) is 14.4. The van der Waals surface area contributed by atoms with E-state index in [1.165, 1.54) is 44.0 Å². The molecule has 0 unspecified atom stereocenters. The lowest BCUT2D eigenvalue weighted by Crippen LogP contribution is -2.30. The summed E-state index contributed by atoms with van der Waals surface area (Å²) < 4.78 is 0.270. The third-order valence-electron chi connectivity index (χ3n) is 3.49. The number of rotatable bonds is 5. The van der Waals surface area contributed by atoms with Crippen LogP contribution in [0.25, 0.3) is 0 Å². The van der Waals surface area contributed by atoms with Crippen LogP contribution >= 0.6 is 11.8 Å². The van der Waals surface area contributed by atoms with Gasteiger partial charge in [-0.05, 0) is 19.1 Å². The molecule has 0 radical (unpaired) electrons. The predicted molar refractivity (Wildman–Crippen MR) is 74.1 cm³/mol. The topological polar surface area (TPSA) is 68.1 Å². The molecule has 0 saturated heterocycles. The summed E-state index contributed by atoms with van der Waals surface area (Å²) in [5.74, 6) is 0.588. The highest BCUT2D eigenvalue weighted by atomic mass is 32.2. The van der Waals surface area contributed by atoms with Gasteiger partial charge in [0.2, 0.25) is 0 Å². The third-order valence-corrected chi connectivity index (χ3v) is 4.91. The Labute approximate surface area is 111 Å². The molecule has 0 aromatic carbocycles. The standard InChI is InChI=1S/C12H17N3O2S/c1-18-12(5-2-3-6-12)9-14-11-8-10(15(16)17)4-7-13-11/h4,7-8H,2-3,5-6,9H2,1H3,(H,13,14). The van der Waals surface area contributed by atoms with E-state index in [9.17, 15) is 10.1 Å². The second kappa shape index (κ2) is 5.56. The number of pyridine rings is 1. The zero-order valence-electron chi connectivity index (χ0n) is 10.4. The summed E-state index contributed by atoms with van der Waals surface area (Å²) in [6.07, 6.45) is 8.55. The molecule has 1 aromatic rings. The van der Waals surface area contributed by atoms with Crippen molar-refractivity contribution in [1.29, 1.82) is 0 Å². The first-order chi connectivity index (χ1) is 8.65. The molecule has 1 saturated carbocycles. The highest BCUT2D eigenvalue weighted by molar-refractivity contribution is 8.00. The lowest BCUT2D eigenvalue weighted by molar-refractivity contribution is -0.384. The SMILES string of the molecule is CSC1(CNc2cc([N+](=O)[O-])ccn2)CCCC1. The Balaban J connectivity index is 2.01. The lowest BCUT2D eigenvalue weighted by atomic mass is 10.1. The van der Waals surface area contributed by atoms with Crippen LogP contribution < -0.4 is 5.32 Å². The van der Waals surface area contributed by atoms with E-state index in [-0.39, 0.29) is 10.4 Å². The van der Waals surface area contributed by atoms with Crippen LogP contribution in [-0.2, 0) is 0 Å². The van der Waals surface area contributed by atoms with E-state index in [1.807, 2.05) is 11.8 Å². The van der Waals surface area contributed by atoms with Gasteiger partial charge in [-0.2, -0.15) is 11.8 Å². The largest absolute Gasteiger partial charge is 0.368 e. The monoisotopic (exact) mass is 267 g/mol. The number of nitro groups is 1. The molecular weight excluding hydrogens is 250 g/mol. The van der Waals surface area contributed by atoms with Crippen molar-refractivity contribution in [3.05, 3.63) is 28.4 Å². The number of aromatic nitrogens is 1. The molecule has 1 aliphatic rings. The van der Waals surface area contributed by atoms with Gasteiger partial charge in [0.25, 0.3) is 5.69 Å². The van der Waals surface area contributed by atoms with Gasteiger partial charge in [0.05, 0.1) is 11.0 Å². The average molecular weight is 267 g/mol. The van der Waals surface area contributed by atoms with Crippen molar-refractivity contribution in [2.75, 3.05) is 18.1 Å². The molecule has 1 fully saturated rings. The van der Waals surface area contributed by atoms with Crippen molar-refractivity contribution in [3.8, 4) is 0 Å². The number of nitrogens with zero attached hydrogens (tertiary/aromatic N) is 2. The van der Waals surface area contributed by atoms with Gasteiger partial charge in [0.1, 0.15) is 5.82 Å². The molecule has 0 bridgehead atoms. The van der Waals surface area contributed by atoms with Gasteiger partial charge < -0.3 is 5.32 Å². The summed E-state index contributed by atoms with van der Waals surface area (Å²) >= 11 is 1.89. The average Bonchev–Trinajstić information content (AvgIpc) is 2.86. The molecule has 1 heterocycles.